The Labute approximate surface area is 140 Å². The molecule has 0 saturated heterocycles. The van der Waals surface area contributed by atoms with Gasteiger partial charge in [-0.05, 0) is 30.7 Å². The van der Waals surface area contributed by atoms with Crippen LogP contribution in [0, 0.1) is 6.92 Å². The van der Waals surface area contributed by atoms with Crippen LogP contribution in [0.1, 0.15) is 21.5 Å². The molecule has 3 aromatic rings. The van der Waals surface area contributed by atoms with Gasteiger partial charge in [0.15, 0.2) is 0 Å². The number of anilines is 1. The molecule has 0 unspecified atom stereocenters. The Hall–Kier alpha value is -3.14. The quantitative estimate of drug-likeness (QED) is 0.801. The third-order valence-corrected chi connectivity index (χ3v) is 3.75. The zero-order valence-corrected chi connectivity index (χ0v) is 13.4. The van der Waals surface area contributed by atoms with E-state index in [0.717, 1.165) is 16.8 Å². The molecule has 2 aromatic carbocycles. The summed E-state index contributed by atoms with van der Waals surface area (Å²) in [5, 5.41) is 2.84. The maximum Gasteiger partial charge on any atom is 0.257 e. The average Bonchev–Trinajstić information content (AvgIpc) is 2.60. The summed E-state index contributed by atoms with van der Waals surface area (Å²) in [4.78, 5) is 24.4. The van der Waals surface area contributed by atoms with Gasteiger partial charge in [-0.15, -0.1) is 0 Å². The van der Waals surface area contributed by atoms with E-state index in [-0.39, 0.29) is 11.5 Å². The highest BCUT2D eigenvalue weighted by atomic mass is 16.2. The zero-order valence-electron chi connectivity index (χ0n) is 13.4. The maximum absolute atomic E-state index is 12.4. The van der Waals surface area contributed by atoms with Crippen LogP contribution in [0.15, 0.2) is 77.7 Å². The van der Waals surface area contributed by atoms with E-state index in [4.69, 9.17) is 0 Å². The van der Waals surface area contributed by atoms with E-state index in [0.29, 0.717) is 12.1 Å². The summed E-state index contributed by atoms with van der Waals surface area (Å²) < 4.78 is 1.54. The second-order valence-electron chi connectivity index (χ2n) is 5.69. The molecule has 0 bridgehead atoms. The number of carbonyl (C=O) groups excluding carboxylic acids is 1. The first-order valence-electron chi connectivity index (χ1n) is 7.74. The Bertz CT molecular complexity index is 897. The van der Waals surface area contributed by atoms with E-state index < -0.39 is 0 Å². The molecule has 0 saturated carbocycles. The lowest BCUT2D eigenvalue weighted by atomic mass is 10.2. The molecule has 0 atom stereocenters. The maximum atomic E-state index is 12.4. The van der Waals surface area contributed by atoms with Crippen molar-refractivity contribution in [2.75, 3.05) is 5.32 Å². The summed E-state index contributed by atoms with van der Waals surface area (Å²) in [6, 6.07) is 20.2. The normalized spacial score (nSPS) is 10.4. The Kier molecular flexibility index (Phi) is 4.57. The summed E-state index contributed by atoms with van der Waals surface area (Å²) in [7, 11) is 0. The SMILES string of the molecule is Cc1ccc(NC(=O)c2ccc(=O)n(Cc3ccccc3)c2)cc1. The zero-order chi connectivity index (χ0) is 16.9. The van der Waals surface area contributed by atoms with E-state index >= 15 is 0 Å². The van der Waals surface area contributed by atoms with Crippen molar-refractivity contribution in [3.63, 3.8) is 0 Å². The van der Waals surface area contributed by atoms with Crippen molar-refractivity contribution in [2.45, 2.75) is 13.5 Å². The number of carbonyl (C=O) groups is 1. The molecule has 0 aliphatic carbocycles. The number of pyridine rings is 1. The number of aryl methyl sites for hydroxylation is 1. The van der Waals surface area contributed by atoms with E-state index in [1.807, 2.05) is 61.5 Å². The lowest BCUT2D eigenvalue weighted by molar-refractivity contribution is 0.102. The van der Waals surface area contributed by atoms with Crippen molar-refractivity contribution in [1.29, 1.82) is 0 Å². The molecule has 24 heavy (non-hydrogen) atoms. The van der Waals surface area contributed by atoms with Gasteiger partial charge in [0.25, 0.3) is 11.5 Å². The van der Waals surface area contributed by atoms with Crippen LogP contribution in [0.4, 0.5) is 5.69 Å². The topological polar surface area (TPSA) is 51.1 Å². The monoisotopic (exact) mass is 318 g/mol. The molecule has 0 aliphatic heterocycles. The van der Waals surface area contributed by atoms with Crippen LogP contribution in [-0.4, -0.2) is 10.5 Å². The van der Waals surface area contributed by atoms with E-state index in [1.54, 1.807) is 16.8 Å². The fraction of sp³-hybridized carbons (Fsp3) is 0.100. The van der Waals surface area contributed by atoms with E-state index in [2.05, 4.69) is 5.32 Å². The number of hydrogen-bond acceptors (Lipinski definition) is 2. The molecule has 3 rings (SSSR count). The molecule has 120 valence electrons. The molecule has 1 heterocycles. The Morgan fingerprint density at radius 1 is 0.958 bits per heavy atom. The van der Waals surface area contributed by atoms with Gasteiger partial charge in [0.2, 0.25) is 0 Å². The fourth-order valence-corrected chi connectivity index (χ4v) is 2.41. The van der Waals surface area contributed by atoms with Crippen LogP contribution in [0.25, 0.3) is 0 Å². The summed E-state index contributed by atoms with van der Waals surface area (Å²) in [6.07, 6.45) is 1.60. The third kappa shape index (κ3) is 3.79. The van der Waals surface area contributed by atoms with E-state index in [1.165, 1.54) is 6.07 Å². The lowest BCUT2D eigenvalue weighted by Gasteiger charge is -2.09. The van der Waals surface area contributed by atoms with Crippen LogP contribution < -0.4 is 10.9 Å². The van der Waals surface area contributed by atoms with Crippen LogP contribution >= 0.6 is 0 Å². The molecule has 0 fully saturated rings. The van der Waals surface area contributed by atoms with Crippen molar-refractivity contribution in [3.8, 4) is 0 Å². The smallest absolute Gasteiger partial charge is 0.257 e. The van der Waals surface area contributed by atoms with Crippen molar-refractivity contribution in [3.05, 3.63) is 100.0 Å². The molecule has 4 heteroatoms. The highest BCUT2D eigenvalue weighted by molar-refractivity contribution is 6.04. The number of nitrogens with zero attached hydrogens (tertiary/aromatic N) is 1. The molecule has 0 spiro atoms. The van der Waals surface area contributed by atoms with Gasteiger partial charge in [0.05, 0.1) is 12.1 Å². The first kappa shape index (κ1) is 15.7. The van der Waals surface area contributed by atoms with Crippen molar-refractivity contribution in [2.24, 2.45) is 0 Å². The van der Waals surface area contributed by atoms with Gasteiger partial charge in [-0.2, -0.15) is 0 Å². The van der Waals surface area contributed by atoms with E-state index in [9.17, 15) is 9.59 Å². The van der Waals surface area contributed by atoms with Gasteiger partial charge in [-0.3, -0.25) is 9.59 Å². The Morgan fingerprint density at radius 3 is 2.38 bits per heavy atom. The van der Waals surface area contributed by atoms with Gasteiger partial charge in [0.1, 0.15) is 0 Å². The number of amides is 1. The molecule has 4 nitrogen and oxygen atoms in total. The Morgan fingerprint density at radius 2 is 1.67 bits per heavy atom. The van der Waals surface area contributed by atoms with Crippen molar-refractivity contribution in [1.82, 2.24) is 4.57 Å². The summed E-state index contributed by atoms with van der Waals surface area (Å²) in [5.74, 6) is -0.235. The second kappa shape index (κ2) is 6.96. The molecule has 1 amide bonds. The predicted octanol–water partition coefficient (Wildman–Crippen LogP) is 3.46. The first-order valence-corrected chi connectivity index (χ1v) is 7.74. The standard InChI is InChI=1S/C20H18N2O2/c1-15-7-10-18(11-8-15)21-20(24)17-9-12-19(23)22(14-17)13-16-5-3-2-4-6-16/h2-12,14H,13H2,1H3,(H,21,24). The molecule has 1 aromatic heterocycles. The number of hydrogen-bond donors (Lipinski definition) is 1. The van der Waals surface area contributed by atoms with Crippen LogP contribution in [0.2, 0.25) is 0 Å². The van der Waals surface area contributed by atoms with Gasteiger partial charge >= 0.3 is 0 Å². The van der Waals surface area contributed by atoms with Crippen LogP contribution in [0.3, 0.4) is 0 Å². The number of rotatable bonds is 4. The minimum atomic E-state index is -0.235. The Balaban J connectivity index is 1.81. The molecular weight excluding hydrogens is 300 g/mol. The van der Waals surface area contributed by atoms with Crippen LogP contribution in [-0.2, 0) is 6.54 Å². The van der Waals surface area contributed by atoms with Gasteiger partial charge < -0.3 is 9.88 Å². The van der Waals surface area contributed by atoms with Crippen molar-refractivity contribution >= 4 is 11.6 Å². The molecule has 0 radical (unpaired) electrons. The fourth-order valence-electron chi connectivity index (χ4n) is 2.41. The number of aromatic nitrogens is 1. The minimum absolute atomic E-state index is 0.134. The predicted molar refractivity (Wildman–Crippen MR) is 95.4 cm³/mol. The first-order chi connectivity index (χ1) is 11.6. The van der Waals surface area contributed by atoms with Gasteiger partial charge in [-0.25, -0.2) is 0 Å². The second-order valence-corrected chi connectivity index (χ2v) is 5.69. The molecule has 1 N–H and O–H groups in total. The number of nitrogens with one attached hydrogen (secondary N) is 1. The average molecular weight is 318 g/mol. The molecular formula is C20H18N2O2. The lowest BCUT2D eigenvalue weighted by Crippen LogP contribution is -2.22. The van der Waals surface area contributed by atoms with Gasteiger partial charge in [-0.1, -0.05) is 48.0 Å². The summed E-state index contributed by atoms with van der Waals surface area (Å²) in [6.45, 7) is 2.43. The number of benzene rings is 2. The third-order valence-electron chi connectivity index (χ3n) is 3.75. The highest BCUT2D eigenvalue weighted by Gasteiger charge is 2.08. The largest absolute Gasteiger partial charge is 0.322 e. The van der Waals surface area contributed by atoms with Gasteiger partial charge in [0, 0.05) is 18.0 Å². The summed E-state index contributed by atoms with van der Waals surface area (Å²) >= 11 is 0. The molecule has 0 aliphatic rings. The highest BCUT2D eigenvalue weighted by Crippen LogP contribution is 2.10. The summed E-state index contributed by atoms with van der Waals surface area (Å²) in [5.41, 5.74) is 3.18. The van der Waals surface area contributed by atoms with Crippen molar-refractivity contribution < 1.29 is 4.79 Å². The minimum Gasteiger partial charge on any atom is -0.322 e. The van der Waals surface area contributed by atoms with Crippen LogP contribution in [0.5, 0.6) is 0 Å².